The van der Waals surface area contributed by atoms with Crippen LogP contribution in [0, 0.1) is 0 Å². The summed E-state index contributed by atoms with van der Waals surface area (Å²) in [7, 11) is 0. The smallest absolute Gasteiger partial charge is 0.00159 e. The number of nitrogens with zero attached hydrogens (tertiary/aromatic N) is 1. The highest BCUT2D eigenvalue weighted by Gasteiger charge is 2.04. The average molecular weight is 293 g/mol. The number of hydrogen-bond acceptors (Lipinski definition) is 1. The predicted molar refractivity (Wildman–Crippen MR) is 97.0 cm³/mol. The van der Waals surface area contributed by atoms with Crippen molar-refractivity contribution in [3.05, 3.63) is 77.9 Å². The van der Waals surface area contributed by atoms with Gasteiger partial charge in [0.15, 0.2) is 0 Å². The molecule has 2 aromatic carbocycles. The second kappa shape index (κ2) is 9.22. The molecule has 0 spiro atoms. The van der Waals surface area contributed by atoms with Gasteiger partial charge in [-0.15, -0.1) is 0 Å². The topological polar surface area (TPSA) is 3.24 Å². The SMILES string of the molecule is CCN(CC)CCC=C(Cc1ccccc1)c1ccccc1. The quantitative estimate of drug-likeness (QED) is 0.658. The minimum atomic E-state index is 1.00. The molecule has 22 heavy (non-hydrogen) atoms. The van der Waals surface area contributed by atoms with Gasteiger partial charge in [0.2, 0.25) is 0 Å². The molecule has 0 saturated heterocycles. The van der Waals surface area contributed by atoms with E-state index >= 15 is 0 Å². The Kier molecular flexibility index (Phi) is 6.92. The lowest BCUT2D eigenvalue weighted by Crippen LogP contribution is -2.23. The van der Waals surface area contributed by atoms with Crippen LogP contribution in [0.4, 0.5) is 0 Å². The van der Waals surface area contributed by atoms with Gasteiger partial charge in [-0.1, -0.05) is 80.6 Å². The molecule has 0 heterocycles. The lowest BCUT2D eigenvalue weighted by molar-refractivity contribution is 0.310. The van der Waals surface area contributed by atoms with Gasteiger partial charge in [-0.2, -0.15) is 0 Å². The molecule has 2 rings (SSSR count). The van der Waals surface area contributed by atoms with E-state index in [2.05, 4.69) is 85.5 Å². The summed E-state index contributed by atoms with van der Waals surface area (Å²) in [6.07, 6.45) is 4.53. The molecule has 0 aliphatic heterocycles. The maximum Gasteiger partial charge on any atom is 0.00159 e. The normalized spacial score (nSPS) is 11.9. The molecule has 116 valence electrons. The van der Waals surface area contributed by atoms with Crippen molar-refractivity contribution in [3.63, 3.8) is 0 Å². The predicted octanol–water partition coefficient (Wildman–Crippen LogP) is 5.04. The van der Waals surface area contributed by atoms with Crippen LogP contribution in [-0.2, 0) is 6.42 Å². The van der Waals surface area contributed by atoms with Gasteiger partial charge in [0, 0.05) is 6.54 Å². The third kappa shape index (κ3) is 5.16. The number of hydrogen-bond donors (Lipinski definition) is 0. The van der Waals surface area contributed by atoms with Gasteiger partial charge in [0.25, 0.3) is 0 Å². The van der Waals surface area contributed by atoms with Crippen LogP contribution < -0.4 is 0 Å². The van der Waals surface area contributed by atoms with Gasteiger partial charge < -0.3 is 4.90 Å². The second-order valence-corrected chi connectivity index (χ2v) is 5.57. The van der Waals surface area contributed by atoms with Crippen LogP contribution in [0.25, 0.3) is 5.57 Å². The van der Waals surface area contributed by atoms with E-state index < -0.39 is 0 Å². The van der Waals surface area contributed by atoms with E-state index in [4.69, 9.17) is 0 Å². The van der Waals surface area contributed by atoms with Crippen LogP contribution in [-0.4, -0.2) is 24.5 Å². The molecule has 2 aromatic rings. The minimum absolute atomic E-state index is 1.00. The Bertz CT molecular complexity index is 553. The molecule has 1 nitrogen and oxygen atoms in total. The third-order valence-electron chi connectivity index (χ3n) is 4.11. The van der Waals surface area contributed by atoms with E-state index in [1.54, 1.807) is 0 Å². The molecular weight excluding hydrogens is 266 g/mol. The van der Waals surface area contributed by atoms with E-state index in [1.807, 2.05) is 0 Å². The van der Waals surface area contributed by atoms with Crippen molar-refractivity contribution in [1.29, 1.82) is 0 Å². The zero-order valence-corrected chi connectivity index (χ0v) is 13.8. The minimum Gasteiger partial charge on any atom is -0.304 e. The third-order valence-corrected chi connectivity index (χ3v) is 4.11. The van der Waals surface area contributed by atoms with Gasteiger partial charge in [0.05, 0.1) is 0 Å². The highest BCUT2D eigenvalue weighted by molar-refractivity contribution is 5.67. The summed E-state index contributed by atoms with van der Waals surface area (Å²) < 4.78 is 0. The average Bonchev–Trinajstić information content (AvgIpc) is 2.59. The lowest BCUT2D eigenvalue weighted by atomic mass is 9.97. The molecule has 0 N–H and O–H groups in total. The molecule has 0 radical (unpaired) electrons. The molecular formula is C21H27N. The van der Waals surface area contributed by atoms with Gasteiger partial charge in [-0.3, -0.25) is 0 Å². The standard InChI is InChI=1S/C21H27N/c1-3-22(4-2)17-11-16-21(20-14-9-6-10-15-20)18-19-12-7-5-8-13-19/h5-10,12-16H,3-4,11,17-18H2,1-2H3. The second-order valence-electron chi connectivity index (χ2n) is 5.57. The van der Waals surface area contributed by atoms with E-state index in [0.717, 1.165) is 32.5 Å². The van der Waals surface area contributed by atoms with E-state index in [-0.39, 0.29) is 0 Å². The van der Waals surface area contributed by atoms with Gasteiger partial charge in [0.1, 0.15) is 0 Å². The first-order valence-corrected chi connectivity index (χ1v) is 8.34. The van der Waals surface area contributed by atoms with Crippen molar-refractivity contribution >= 4 is 5.57 Å². The first kappa shape index (κ1) is 16.5. The molecule has 0 aliphatic rings. The number of rotatable bonds is 8. The van der Waals surface area contributed by atoms with Crippen LogP contribution >= 0.6 is 0 Å². The van der Waals surface area contributed by atoms with E-state index in [1.165, 1.54) is 16.7 Å². The highest BCUT2D eigenvalue weighted by Crippen LogP contribution is 2.20. The van der Waals surface area contributed by atoms with Crippen LogP contribution in [0.2, 0.25) is 0 Å². The Morgan fingerprint density at radius 1 is 0.864 bits per heavy atom. The molecule has 0 fully saturated rings. The summed E-state index contributed by atoms with van der Waals surface area (Å²) in [4.78, 5) is 2.47. The van der Waals surface area contributed by atoms with Crippen molar-refractivity contribution in [1.82, 2.24) is 4.90 Å². The summed E-state index contributed by atoms with van der Waals surface area (Å²) >= 11 is 0. The summed E-state index contributed by atoms with van der Waals surface area (Å²) in [5.41, 5.74) is 4.14. The lowest BCUT2D eigenvalue weighted by Gasteiger charge is -2.17. The molecule has 0 aromatic heterocycles. The molecule has 0 bridgehead atoms. The molecule has 0 saturated carbocycles. The Labute approximate surface area is 135 Å². The fraction of sp³-hybridized carbons (Fsp3) is 0.333. The summed E-state index contributed by atoms with van der Waals surface area (Å²) in [5.74, 6) is 0. The van der Waals surface area contributed by atoms with Crippen molar-refractivity contribution < 1.29 is 0 Å². The fourth-order valence-corrected chi connectivity index (χ4v) is 2.72. The zero-order chi connectivity index (χ0) is 15.6. The molecule has 0 atom stereocenters. The molecule has 0 amide bonds. The van der Waals surface area contributed by atoms with Gasteiger partial charge in [-0.25, -0.2) is 0 Å². The molecule has 1 heteroatoms. The van der Waals surface area contributed by atoms with Gasteiger partial charge in [-0.05, 0) is 42.6 Å². The van der Waals surface area contributed by atoms with E-state index in [0.29, 0.717) is 0 Å². The van der Waals surface area contributed by atoms with Crippen molar-refractivity contribution in [2.75, 3.05) is 19.6 Å². The van der Waals surface area contributed by atoms with Crippen LogP contribution in [0.5, 0.6) is 0 Å². The summed E-state index contributed by atoms with van der Waals surface area (Å²) in [5, 5.41) is 0. The maximum atomic E-state index is 2.47. The Morgan fingerprint density at radius 3 is 2.05 bits per heavy atom. The molecule has 0 aliphatic carbocycles. The Hall–Kier alpha value is -1.86. The summed E-state index contributed by atoms with van der Waals surface area (Å²) in [6, 6.07) is 21.5. The highest BCUT2D eigenvalue weighted by atomic mass is 15.1. The Balaban J connectivity index is 2.11. The van der Waals surface area contributed by atoms with Gasteiger partial charge >= 0.3 is 0 Å². The van der Waals surface area contributed by atoms with Crippen molar-refractivity contribution in [2.24, 2.45) is 0 Å². The van der Waals surface area contributed by atoms with Crippen LogP contribution in [0.1, 0.15) is 31.4 Å². The summed E-state index contributed by atoms with van der Waals surface area (Å²) in [6.45, 7) is 7.86. The largest absolute Gasteiger partial charge is 0.304 e. The maximum absolute atomic E-state index is 2.47. The molecule has 0 unspecified atom stereocenters. The van der Waals surface area contributed by atoms with Crippen LogP contribution in [0.3, 0.4) is 0 Å². The Morgan fingerprint density at radius 2 is 1.45 bits per heavy atom. The first-order chi connectivity index (χ1) is 10.8. The fourth-order valence-electron chi connectivity index (χ4n) is 2.72. The van der Waals surface area contributed by atoms with Crippen molar-refractivity contribution in [3.8, 4) is 0 Å². The monoisotopic (exact) mass is 293 g/mol. The van der Waals surface area contributed by atoms with Crippen molar-refractivity contribution in [2.45, 2.75) is 26.7 Å². The first-order valence-electron chi connectivity index (χ1n) is 8.34. The number of benzene rings is 2. The number of allylic oxidation sites excluding steroid dienone is 1. The van der Waals surface area contributed by atoms with E-state index in [9.17, 15) is 0 Å². The van der Waals surface area contributed by atoms with Crippen LogP contribution in [0.15, 0.2) is 66.7 Å². The zero-order valence-electron chi connectivity index (χ0n) is 13.8.